The number of anilines is 3. The summed E-state index contributed by atoms with van der Waals surface area (Å²) in [7, 11) is 1.55. The van der Waals surface area contributed by atoms with E-state index in [1.165, 1.54) is 6.42 Å². The largest absolute Gasteiger partial charge is 0.495 e. The third-order valence-electron chi connectivity index (χ3n) is 3.60. The third kappa shape index (κ3) is 3.22. The molecule has 0 aliphatic heterocycles. The number of methoxy groups -OCH3 is 1. The predicted octanol–water partition coefficient (Wildman–Crippen LogP) is 3.99. The van der Waals surface area contributed by atoms with Crippen LogP contribution in [0.25, 0.3) is 0 Å². The summed E-state index contributed by atoms with van der Waals surface area (Å²) in [5.41, 5.74) is 0.701. The van der Waals surface area contributed by atoms with Crippen molar-refractivity contribution in [1.29, 1.82) is 0 Å². The number of nitrogens with one attached hydrogen (secondary N) is 2. The van der Waals surface area contributed by atoms with Crippen molar-refractivity contribution in [1.82, 2.24) is 9.97 Å². The number of hydrogen-bond acceptors (Lipinski definition) is 5. The Kier molecular flexibility index (Phi) is 4.29. The molecule has 2 N–H and O–H groups in total. The van der Waals surface area contributed by atoms with Crippen molar-refractivity contribution in [3.63, 3.8) is 0 Å². The lowest BCUT2D eigenvalue weighted by molar-refractivity contribution is 0.415. The number of aromatic nitrogens is 2. The minimum atomic E-state index is -0.454. The van der Waals surface area contributed by atoms with E-state index in [0.717, 1.165) is 19.0 Å². The van der Waals surface area contributed by atoms with Gasteiger partial charge in [-0.05, 0) is 37.5 Å². The lowest BCUT2D eigenvalue weighted by Gasteiger charge is -2.27. The van der Waals surface area contributed by atoms with E-state index in [1.807, 2.05) is 0 Å². The van der Waals surface area contributed by atoms with Crippen LogP contribution in [0.3, 0.4) is 0 Å². The summed E-state index contributed by atoms with van der Waals surface area (Å²) in [6.07, 6.45) is 4.40. The van der Waals surface area contributed by atoms with Crippen LogP contribution in [0.15, 0.2) is 24.4 Å². The Hall–Kier alpha value is -2.08. The Balaban J connectivity index is 1.76. The van der Waals surface area contributed by atoms with Gasteiger partial charge in [0.05, 0.1) is 18.3 Å². The van der Waals surface area contributed by atoms with Gasteiger partial charge in [0.1, 0.15) is 5.75 Å². The lowest BCUT2D eigenvalue weighted by Crippen LogP contribution is -2.28. The molecule has 2 aromatic rings. The Bertz CT molecular complexity index is 679. The molecule has 1 aromatic carbocycles. The first-order valence-electron chi connectivity index (χ1n) is 7.05. The van der Waals surface area contributed by atoms with Crippen molar-refractivity contribution in [2.45, 2.75) is 25.3 Å². The van der Waals surface area contributed by atoms with E-state index in [1.54, 1.807) is 25.3 Å². The molecule has 0 unspecified atom stereocenters. The zero-order valence-electron chi connectivity index (χ0n) is 12.1. The summed E-state index contributed by atoms with van der Waals surface area (Å²) in [5.74, 6) is 0.663. The van der Waals surface area contributed by atoms with Crippen LogP contribution in [0.4, 0.5) is 21.8 Å². The van der Waals surface area contributed by atoms with E-state index in [9.17, 15) is 4.39 Å². The molecule has 22 heavy (non-hydrogen) atoms. The Labute approximate surface area is 132 Å². The van der Waals surface area contributed by atoms with E-state index in [2.05, 4.69) is 20.6 Å². The van der Waals surface area contributed by atoms with E-state index in [0.29, 0.717) is 28.4 Å². The second-order valence-electron chi connectivity index (χ2n) is 5.14. The monoisotopic (exact) mass is 322 g/mol. The standard InChI is InChI=1S/C15H16ClFN4O/c1-22-13-6-5-10(7-11(13)16)20-15-18-8-12(17)14(21-15)19-9-3-2-4-9/h5-9H,2-4H2,1H3,(H2,18,19,20,21). The number of benzene rings is 1. The minimum Gasteiger partial charge on any atom is -0.495 e. The van der Waals surface area contributed by atoms with Gasteiger partial charge in [-0.1, -0.05) is 11.6 Å². The van der Waals surface area contributed by atoms with Gasteiger partial charge in [0.15, 0.2) is 11.6 Å². The zero-order chi connectivity index (χ0) is 15.5. The average Bonchev–Trinajstić information content (AvgIpc) is 2.46. The van der Waals surface area contributed by atoms with Crippen LogP contribution in [0.5, 0.6) is 5.75 Å². The van der Waals surface area contributed by atoms with Gasteiger partial charge in [-0.2, -0.15) is 4.98 Å². The predicted molar refractivity (Wildman–Crippen MR) is 84.5 cm³/mol. The van der Waals surface area contributed by atoms with Crippen LogP contribution in [0.1, 0.15) is 19.3 Å². The molecular weight excluding hydrogens is 307 g/mol. The molecule has 116 valence electrons. The maximum atomic E-state index is 13.7. The van der Waals surface area contributed by atoms with Crippen LogP contribution in [-0.4, -0.2) is 23.1 Å². The topological polar surface area (TPSA) is 59.1 Å². The smallest absolute Gasteiger partial charge is 0.229 e. The van der Waals surface area contributed by atoms with Crippen molar-refractivity contribution in [2.24, 2.45) is 0 Å². The summed E-state index contributed by atoms with van der Waals surface area (Å²) in [4.78, 5) is 8.13. The van der Waals surface area contributed by atoms with Gasteiger partial charge in [-0.3, -0.25) is 0 Å². The SMILES string of the molecule is COc1ccc(Nc2ncc(F)c(NC3CCC3)n2)cc1Cl. The highest BCUT2D eigenvalue weighted by Crippen LogP contribution is 2.29. The quantitative estimate of drug-likeness (QED) is 0.871. The first-order chi connectivity index (χ1) is 10.7. The molecule has 5 nitrogen and oxygen atoms in total. The molecule has 0 spiro atoms. The number of nitrogens with zero attached hydrogens (tertiary/aromatic N) is 2. The van der Waals surface area contributed by atoms with E-state index in [4.69, 9.17) is 16.3 Å². The van der Waals surface area contributed by atoms with Crippen LogP contribution in [0.2, 0.25) is 5.02 Å². The maximum absolute atomic E-state index is 13.7. The molecule has 3 rings (SSSR count). The second kappa shape index (κ2) is 6.36. The second-order valence-corrected chi connectivity index (χ2v) is 5.54. The highest BCUT2D eigenvalue weighted by molar-refractivity contribution is 6.32. The van der Waals surface area contributed by atoms with Gasteiger partial charge in [-0.15, -0.1) is 0 Å². The van der Waals surface area contributed by atoms with Crippen molar-refractivity contribution in [2.75, 3.05) is 17.7 Å². The molecule has 1 aliphatic carbocycles. The number of rotatable bonds is 5. The first kappa shape index (κ1) is 14.8. The Morgan fingerprint density at radius 3 is 2.82 bits per heavy atom. The summed E-state index contributed by atoms with van der Waals surface area (Å²) in [6, 6.07) is 5.53. The molecule has 1 aliphatic rings. The fourth-order valence-electron chi connectivity index (χ4n) is 2.15. The van der Waals surface area contributed by atoms with Gasteiger partial charge in [0, 0.05) is 11.7 Å². The molecule has 0 bridgehead atoms. The van der Waals surface area contributed by atoms with Crippen molar-refractivity contribution < 1.29 is 9.13 Å². The molecule has 1 aromatic heterocycles. The molecule has 1 fully saturated rings. The highest BCUT2D eigenvalue weighted by atomic mass is 35.5. The van der Waals surface area contributed by atoms with Crippen LogP contribution < -0.4 is 15.4 Å². The van der Waals surface area contributed by atoms with Gasteiger partial charge in [0.2, 0.25) is 5.95 Å². The van der Waals surface area contributed by atoms with Gasteiger partial charge < -0.3 is 15.4 Å². The van der Waals surface area contributed by atoms with Crippen molar-refractivity contribution >= 4 is 29.1 Å². The summed E-state index contributed by atoms with van der Waals surface area (Å²) in [6.45, 7) is 0. The van der Waals surface area contributed by atoms with Crippen LogP contribution in [-0.2, 0) is 0 Å². The molecular formula is C15H16ClFN4O. The average molecular weight is 323 g/mol. The van der Waals surface area contributed by atoms with Crippen LogP contribution >= 0.6 is 11.6 Å². The van der Waals surface area contributed by atoms with Crippen molar-refractivity contribution in [3.8, 4) is 5.75 Å². The summed E-state index contributed by atoms with van der Waals surface area (Å²) < 4.78 is 18.8. The summed E-state index contributed by atoms with van der Waals surface area (Å²) >= 11 is 6.07. The molecule has 0 saturated heterocycles. The Morgan fingerprint density at radius 1 is 1.36 bits per heavy atom. The zero-order valence-corrected chi connectivity index (χ0v) is 12.8. The molecule has 0 atom stereocenters. The Morgan fingerprint density at radius 2 is 2.18 bits per heavy atom. The number of ether oxygens (including phenoxy) is 1. The van der Waals surface area contributed by atoms with Gasteiger partial charge in [-0.25, -0.2) is 9.37 Å². The van der Waals surface area contributed by atoms with Crippen LogP contribution in [0, 0.1) is 5.82 Å². The molecule has 7 heteroatoms. The number of hydrogen-bond donors (Lipinski definition) is 2. The minimum absolute atomic E-state index is 0.224. The van der Waals surface area contributed by atoms with Gasteiger partial charge in [0.25, 0.3) is 0 Å². The molecule has 1 saturated carbocycles. The van der Waals surface area contributed by atoms with E-state index < -0.39 is 5.82 Å². The van der Waals surface area contributed by atoms with E-state index >= 15 is 0 Å². The highest BCUT2D eigenvalue weighted by Gasteiger charge is 2.19. The van der Waals surface area contributed by atoms with Crippen molar-refractivity contribution in [3.05, 3.63) is 35.2 Å². The molecule has 1 heterocycles. The molecule has 0 amide bonds. The fraction of sp³-hybridized carbons (Fsp3) is 0.333. The lowest BCUT2D eigenvalue weighted by atomic mass is 9.93. The first-order valence-corrected chi connectivity index (χ1v) is 7.43. The third-order valence-corrected chi connectivity index (χ3v) is 3.89. The fourth-order valence-corrected chi connectivity index (χ4v) is 2.41. The van der Waals surface area contributed by atoms with E-state index in [-0.39, 0.29) is 5.82 Å². The molecule has 0 radical (unpaired) electrons. The maximum Gasteiger partial charge on any atom is 0.229 e. The van der Waals surface area contributed by atoms with Gasteiger partial charge >= 0.3 is 0 Å². The normalized spacial score (nSPS) is 14.3. The summed E-state index contributed by atoms with van der Waals surface area (Å²) in [5, 5.41) is 6.57. The number of halogens is 2.